The third kappa shape index (κ3) is 5.62. The van der Waals surface area contributed by atoms with Crippen LogP contribution in [0, 0.1) is 5.92 Å². The molecule has 168 valence electrons. The summed E-state index contributed by atoms with van der Waals surface area (Å²) in [6.07, 6.45) is 3.82. The predicted octanol–water partition coefficient (Wildman–Crippen LogP) is 2.78. The van der Waals surface area contributed by atoms with Crippen LogP contribution in [0.2, 0.25) is 0 Å². The van der Waals surface area contributed by atoms with Gasteiger partial charge in [0, 0.05) is 44.2 Å². The van der Waals surface area contributed by atoms with Crippen LogP contribution in [0.4, 0.5) is 0 Å². The van der Waals surface area contributed by atoms with Gasteiger partial charge in [0.1, 0.15) is 0 Å². The van der Waals surface area contributed by atoms with Crippen LogP contribution >= 0.6 is 0 Å². The van der Waals surface area contributed by atoms with Gasteiger partial charge in [-0.2, -0.15) is 0 Å². The monoisotopic (exact) mass is 435 g/mol. The van der Waals surface area contributed by atoms with Crippen LogP contribution in [0.3, 0.4) is 0 Å². The fourth-order valence-corrected chi connectivity index (χ4v) is 6.10. The van der Waals surface area contributed by atoms with Gasteiger partial charge in [-0.05, 0) is 50.7 Å². The van der Waals surface area contributed by atoms with Crippen LogP contribution in [0.5, 0.6) is 0 Å². The van der Waals surface area contributed by atoms with E-state index in [1.165, 1.54) is 11.1 Å². The zero-order valence-electron chi connectivity index (χ0n) is 18.7. The topological polar surface area (TPSA) is 69.7 Å². The van der Waals surface area contributed by atoms with E-state index in [2.05, 4.69) is 48.3 Å². The van der Waals surface area contributed by atoms with Crippen LogP contribution < -0.4 is 5.32 Å². The van der Waals surface area contributed by atoms with Crippen molar-refractivity contribution in [1.82, 2.24) is 14.5 Å². The van der Waals surface area contributed by atoms with Crippen LogP contribution in [-0.2, 0) is 27.8 Å². The molecule has 2 aliphatic rings. The van der Waals surface area contributed by atoms with Gasteiger partial charge in [0.15, 0.2) is 0 Å². The number of hydrogen-bond acceptors (Lipinski definition) is 4. The number of nitrogens with one attached hydrogen (secondary N) is 1. The molecule has 1 amide bonds. The molecule has 0 saturated carbocycles. The van der Waals surface area contributed by atoms with Crippen molar-refractivity contribution in [2.75, 3.05) is 31.9 Å². The van der Waals surface area contributed by atoms with Gasteiger partial charge < -0.3 is 5.32 Å². The van der Waals surface area contributed by atoms with Crippen molar-refractivity contribution in [3.63, 3.8) is 0 Å². The largest absolute Gasteiger partial charge is 0.354 e. The van der Waals surface area contributed by atoms with E-state index < -0.39 is 10.0 Å². The molecular formula is C23H37N3O3S. The number of sulfonamides is 1. The average Bonchev–Trinajstić information content (AvgIpc) is 2.76. The number of carbonyl (C=O) groups is 1. The zero-order valence-corrected chi connectivity index (χ0v) is 19.5. The average molecular weight is 436 g/mol. The Morgan fingerprint density at radius 3 is 2.47 bits per heavy atom. The fraction of sp³-hybridized carbons (Fsp3) is 0.696. The second-order valence-corrected chi connectivity index (χ2v) is 11.4. The Labute approximate surface area is 182 Å². The van der Waals surface area contributed by atoms with Crippen molar-refractivity contribution < 1.29 is 13.2 Å². The van der Waals surface area contributed by atoms with Gasteiger partial charge in [0.2, 0.25) is 15.9 Å². The minimum atomic E-state index is -3.17. The fourth-order valence-electron chi connectivity index (χ4n) is 4.42. The summed E-state index contributed by atoms with van der Waals surface area (Å²) in [6, 6.07) is 8.58. The number of carbonyl (C=O) groups excluding carboxylic acids is 1. The molecule has 2 aliphatic heterocycles. The Balaban J connectivity index is 1.48. The highest BCUT2D eigenvalue weighted by molar-refractivity contribution is 7.89. The molecule has 1 saturated heterocycles. The van der Waals surface area contributed by atoms with E-state index in [9.17, 15) is 13.2 Å². The van der Waals surface area contributed by atoms with Crippen molar-refractivity contribution in [3.8, 4) is 0 Å². The Kier molecular flexibility index (Phi) is 7.58. The lowest BCUT2D eigenvalue weighted by Crippen LogP contribution is -2.54. The van der Waals surface area contributed by atoms with Crippen LogP contribution in [0.15, 0.2) is 24.3 Å². The van der Waals surface area contributed by atoms with Gasteiger partial charge in [-0.15, -0.1) is 0 Å². The molecule has 2 heterocycles. The maximum Gasteiger partial charge on any atom is 0.223 e. The van der Waals surface area contributed by atoms with Crippen LogP contribution in [-0.4, -0.2) is 61.0 Å². The first-order valence-electron chi connectivity index (χ1n) is 11.3. The molecule has 0 unspecified atom stereocenters. The summed E-state index contributed by atoms with van der Waals surface area (Å²) in [6.45, 7) is 9.78. The third-order valence-corrected chi connectivity index (χ3v) is 8.61. The summed E-state index contributed by atoms with van der Waals surface area (Å²) in [5, 5.41) is 3.15. The highest BCUT2D eigenvalue weighted by atomic mass is 32.2. The van der Waals surface area contributed by atoms with E-state index in [4.69, 9.17) is 0 Å². The number of hydrogen-bond donors (Lipinski definition) is 1. The van der Waals surface area contributed by atoms with Gasteiger partial charge in [0.05, 0.1) is 5.75 Å². The lowest BCUT2D eigenvalue weighted by atomic mass is 9.93. The van der Waals surface area contributed by atoms with E-state index in [-0.39, 0.29) is 23.1 Å². The summed E-state index contributed by atoms with van der Waals surface area (Å²) in [7, 11) is -3.17. The molecule has 1 fully saturated rings. The molecule has 7 heteroatoms. The van der Waals surface area contributed by atoms with Crippen molar-refractivity contribution in [3.05, 3.63) is 35.4 Å². The molecule has 1 aromatic carbocycles. The maximum atomic E-state index is 12.8. The lowest BCUT2D eigenvalue weighted by molar-refractivity contribution is -0.126. The van der Waals surface area contributed by atoms with Crippen molar-refractivity contribution in [2.24, 2.45) is 5.92 Å². The van der Waals surface area contributed by atoms with Crippen LogP contribution in [0.1, 0.15) is 57.6 Å². The van der Waals surface area contributed by atoms with Crippen molar-refractivity contribution in [2.45, 2.75) is 65.0 Å². The predicted molar refractivity (Wildman–Crippen MR) is 121 cm³/mol. The Morgan fingerprint density at radius 2 is 1.80 bits per heavy atom. The van der Waals surface area contributed by atoms with Crippen molar-refractivity contribution in [1.29, 1.82) is 0 Å². The number of nitrogens with zero attached hydrogens (tertiary/aromatic N) is 2. The van der Waals surface area contributed by atoms with E-state index in [1.54, 1.807) is 4.31 Å². The minimum Gasteiger partial charge on any atom is -0.354 e. The standard InChI is InChI=1S/C23H37N3O3S/c1-4-5-16-30(28,29)26-14-11-20(12-15-26)22(27)24-18-23(2,3)25-13-10-19-8-6-7-9-21(19)17-25/h6-9,20H,4-5,10-18H2,1-3H3,(H,24,27). The van der Waals surface area contributed by atoms with Gasteiger partial charge in [-0.25, -0.2) is 12.7 Å². The summed E-state index contributed by atoms with van der Waals surface area (Å²) < 4.78 is 26.3. The molecule has 1 aromatic rings. The van der Waals surface area contributed by atoms with E-state index in [1.807, 2.05) is 6.92 Å². The molecule has 0 spiro atoms. The van der Waals surface area contributed by atoms with Gasteiger partial charge >= 0.3 is 0 Å². The Bertz CT molecular complexity index is 830. The molecule has 0 aliphatic carbocycles. The molecule has 3 rings (SSSR count). The normalized spacial score (nSPS) is 19.4. The maximum absolute atomic E-state index is 12.8. The first-order valence-corrected chi connectivity index (χ1v) is 12.9. The second-order valence-electron chi connectivity index (χ2n) is 9.31. The summed E-state index contributed by atoms with van der Waals surface area (Å²) >= 11 is 0. The lowest BCUT2D eigenvalue weighted by Gasteiger charge is -2.42. The van der Waals surface area contributed by atoms with E-state index in [0.717, 1.165) is 25.9 Å². The van der Waals surface area contributed by atoms with Crippen molar-refractivity contribution >= 4 is 15.9 Å². The molecule has 1 N–H and O–H groups in total. The Hall–Kier alpha value is -1.44. The number of unbranched alkanes of at least 4 members (excludes halogenated alkanes) is 1. The molecule has 0 aromatic heterocycles. The zero-order chi connectivity index (χ0) is 21.8. The molecule has 30 heavy (non-hydrogen) atoms. The second kappa shape index (κ2) is 9.79. The molecular weight excluding hydrogens is 398 g/mol. The highest BCUT2D eigenvalue weighted by Gasteiger charge is 2.33. The third-order valence-electron chi connectivity index (χ3n) is 6.66. The number of benzene rings is 1. The van der Waals surface area contributed by atoms with Crippen LogP contribution in [0.25, 0.3) is 0 Å². The SMILES string of the molecule is CCCCS(=O)(=O)N1CCC(C(=O)NCC(C)(C)N2CCc3ccccc3C2)CC1. The summed E-state index contributed by atoms with van der Waals surface area (Å²) in [4.78, 5) is 15.2. The van der Waals surface area contributed by atoms with E-state index in [0.29, 0.717) is 38.9 Å². The van der Waals surface area contributed by atoms with Gasteiger partial charge in [-0.1, -0.05) is 37.6 Å². The molecule has 0 bridgehead atoms. The summed E-state index contributed by atoms with van der Waals surface area (Å²) in [5.74, 6) is 0.180. The number of fused-ring (bicyclic) bond motifs is 1. The van der Waals surface area contributed by atoms with Gasteiger partial charge in [-0.3, -0.25) is 9.69 Å². The number of amides is 1. The van der Waals surface area contributed by atoms with Gasteiger partial charge in [0.25, 0.3) is 0 Å². The molecule has 0 atom stereocenters. The highest BCUT2D eigenvalue weighted by Crippen LogP contribution is 2.26. The minimum absolute atomic E-state index is 0.0612. The first kappa shape index (κ1) is 23.2. The quantitative estimate of drug-likeness (QED) is 0.682. The van der Waals surface area contributed by atoms with E-state index >= 15 is 0 Å². The number of piperidine rings is 1. The first-order chi connectivity index (χ1) is 14.2. The smallest absolute Gasteiger partial charge is 0.223 e. The molecule has 0 radical (unpaired) electrons. The summed E-state index contributed by atoms with van der Waals surface area (Å²) in [5.41, 5.74) is 2.67. The molecule has 6 nitrogen and oxygen atoms in total. The Morgan fingerprint density at radius 1 is 1.13 bits per heavy atom. The number of rotatable bonds is 8.